The number of phenols is 2. The summed E-state index contributed by atoms with van der Waals surface area (Å²) in [5, 5.41) is 21.2. The first-order valence-electron chi connectivity index (χ1n) is 5.39. The molecule has 0 heterocycles. The molecule has 0 aliphatic heterocycles. The molecule has 0 spiro atoms. The Kier molecular flexibility index (Phi) is 5.41. The molecule has 0 radical (unpaired) electrons. The molecule has 0 aliphatic rings. The van der Waals surface area contributed by atoms with E-state index in [2.05, 4.69) is 5.32 Å². The maximum absolute atomic E-state index is 11.7. The standard InChI is InChI=1S/C12H17NO5/c1-17-7-11(18-2)6-13-12(16)8-3-9(14)5-10(15)4-8/h3-5,11,14-15H,6-7H2,1-2H3,(H,13,16). The summed E-state index contributed by atoms with van der Waals surface area (Å²) in [5.41, 5.74) is 0.180. The lowest BCUT2D eigenvalue weighted by atomic mass is 10.2. The van der Waals surface area contributed by atoms with Gasteiger partial charge in [0.15, 0.2) is 0 Å². The van der Waals surface area contributed by atoms with Crippen LogP contribution in [0.2, 0.25) is 0 Å². The molecule has 0 fully saturated rings. The highest BCUT2D eigenvalue weighted by atomic mass is 16.5. The number of hydrogen-bond acceptors (Lipinski definition) is 5. The van der Waals surface area contributed by atoms with Gasteiger partial charge in [-0.15, -0.1) is 0 Å². The van der Waals surface area contributed by atoms with Crippen LogP contribution in [0.4, 0.5) is 0 Å². The number of benzene rings is 1. The van der Waals surface area contributed by atoms with Gasteiger partial charge in [-0.1, -0.05) is 0 Å². The molecule has 1 aromatic carbocycles. The first kappa shape index (κ1) is 14.3. The van der Waals surface area contributed by atoms with Crippen molar-refractivity contribution in [3.63, 3.8) is 0 Å². The van der Waals surface area contributed by atoms with Crippen molar-refractivity contribution in [1.29, 1.82) is 0 Å². The van der Waals surface area contributed by atoms with E-state index >= 15 is 0 Å². The van der Waals surface area contributed by atoms with Gasteiger partial charge in [-0.2, -0.15) is 0 Å². The monoisotopic (exact) mass is 255 g/mol. The minimum absolute atomic E-state index is 0.166. The number of amides is 1. The first-order chi connectivity index (χ1) is 8.56. The van der Waals surface area contributed by atoms with Gasteiger partial charge in [0.1, 0.15) is 11.5 Å². The normalized spacial score (nSPS) is 12.1. The van der Waals surface area contributed by atoms with Gasteiger partial charge < -0.3 is 25.0 Å². The lowest BCUT2D eigenvalue weighted by molar-refractivity contribution is 0.0285. The van der Waals surface area contributed by atoms with Gasteiger partial charge >= 0.3 is 0 Å². The molecule has 18 heavy (non-hydrogen) atoms. The van der Waals surface area contributed by atoms with Crippen LogP contribution in [0.5, 0.6) is 11.5 Å². The predicted molar refractivity (Wildman–Crippen MR) is 64.8 cm³/mol. The summed E-state index contributed by atoms with van der Waals surface area (Å²) >= 11 is 0. The maximum atomic E-state index is 11.7. The zero-order valence-corrected chi connectivity index (χ0v) is 10.3. The zero-order chi connectivity index (χ0) is 13.5. The summed E-state index contributed by atoms with van der Waals surface area (Å²) in [5.74, 6) is -0.736. The van der Waals surface area contributed by atoms with Crippen LogP contribution in [0.3, 0.4) is 0 Å². The summed E-state index contributed by atoms with van der Waals surface area (Å²) in [4.78, 5) is 11.7. The van der Waals surface area contributed by atoms with Crippen molar-refractivity contribution in [3.05, 3.63) is 23.8 Å². The van der Waals surface area contributed by atoms with Gasteiger partial charge in [-0.25, -0.2) is 0 Å². The van der Waals surface area contributed by atoms with Crippen molar-refractivity contribution in [3.8, 4) is 11.5 Å². The van der Waals surface area contributed by atoms with E-state index in [4.69, 9.17) is 9.47 Å². The van der Waals surface area contributed by atoms with Crippen LogP contribution in [0.15, 0.2) is 18.2 Å². The molecular weight excluding hydrogens is 238 g/mol. The number of rotatable bonds is 6. The second-order valence-corrected chi connectivity index (χ2v) is 3.76. The summed E-state index contributed by atoms with van der Waals surface area (Å²) in [6, 6.07) is 3.69. The van der Waals surface area contributed by atoms with Gasteiger partial charge in [0.05, 0.1) is 12.7 Å². The number of hydrogen-bond donors (Lipinski definition) is 3. The molecule has 0 aliphatic carbocycles. The van der Waals surface area contributed by atoms with Crippen molar-refractivity contribution in [2.75, 3.05) is 27.4 Å². The lowest BCUT2D eigenvalue weighted by Crippen LogP contribution is -2.35. The third-order valence-electron chi connectivity index (χ3n) is 2.34. The van der Waals surface area contributed by atoms with E-state index in [9.17, 15) is 15.0 Å². The van der Waals surface area contributed by atoms with Crippen LogP contribution < -0.4 is 5.32 Å². The molecule has 6 nitrogen and oxygen atoms in total. The van der Waals surface area contributed by atoms with Gasteiger partial charge in [0.2, 0.25) is 0 Å². The van der Waals surface area contributed by atoms with Crippen molar-refractivity contribution in [2.24, 2.45) is 0 Å². The third kappa shape index (κ3) is 4.23. The smallest absolute Gasteiger partial charge is 0.251 e. The highest BCUT2D eigenvalue weighted by Crippen LogP contribution is 2.20. The highest BCUT2D eigenvalue weighted by molar-refractivity contribution is 5.95. The number of carbonyl (C=O) groups excluding carboxylic acids is 1. The Balaban J connectivity index is 2.59. The van der Waals surface area contributed by atoms with E-state index in [0.29, 0.717) is 6.61 Å². The second-order valence-electron chi connectivity index (χ2n) is 3.76. The topological polar surface area (TPSA) is 88.0 Å². The third-order valence-corrected chi connectivity index (χ3v) is 2.34. The molecule has 0 saturated carbocycles. The van der Waals surface area contributed by atoms with Gasteiger partial charge in [0, 0.05) is 32.4 Å². The summed E-state index contributed by atoms with van der Waals surface area (Å²) in [7, 11) is 3.07. The summed E-state index contributed by atoms with van der Waals surface area (Å²) < 4.78 is 10.0. The molecule has 0 bridgehead atoms. The van der Waals surface area contributed by atoms with E-state index in [1.807, 2.05) is 0 Å². The summed E-state index contributed by atoms with van der Waals surface area (Å²) in [6.45, 7) is 0.641. The lowest BCUT2D eigenvalue weighted by Gasteiger charge is -2.15. The highest BCUT2D eigenvalue weighted by Gasteiger charge is 2.12. The van der Waals surface area contributed by atoms with Crippen LogP contribution in [0, 0.1) is 0 Å². The average Bonchev–Trinajstić information content (AvgIpc) is 2.32. The van der Waals surface area contributed by atoms with Crippen molar-refractivity contribution >= 4 is 5.91 Å². The number of methoxy groups -OCH3 is 2. The molecule has 1 aromatic rings. The fraction of sp³-hybridized carbons (Fsp3) is 0.417. The van der Waals surface area contributed by atoms with E-state index < -0.39 is 5.91 Å². The fourth-order valence-corrected chi connectivity index (χ4v) is 1.43. The molecule has 1 unspecified atom stereocenters. The van der Waals surface area contributed by atoms with Crippen LogP contribution in [0.1, 0.15) is 10.4 Å². The molecule has 1 atom stereocenters. The van der Waals surface area contributed by atoms with Crippen molar-refractivity contribution in [1.82, 2.24) is 5.32 Å². The van der Waals surface area contributed by atoms with Crippen molar-refractivity contribution < 1.29 is 24.5 Å². The molecular formula is C12H17NO5. The molecule has 0 aromatic heterocycles. The summed E-state index contributed by atoms with van der Waals surface area (Å²) in [6.07, 6.45) is -0.246. The van der Waals surface area contributed by atoms with Crippen LogP contribution in [-0.4, -0.2) is 49.6 Å². The number of carbonyl (C=O) groups is 1. The molecule has 6 heteroatoms. The number of aromatic hydroxyl groups is 2. The van der Waals surface area contributed by atoms with Crippen LogP contribution >= 0.6 is 0 Å². The number of phenolic OH excluding ortho intramolecular Hbond substituents is 2. The van der Waals surface area contributed by atoms with E-state index in [-0.39, 0.29) is 29.7 Å². The van der Waals surface area contributed by atoms with E-state index in [1.165, 1.54) is 19.2 Å². The number of nitrogens with one attached hydrogen (secondary N) is 1. The Labute approximate surface area is 105 Å². The largest absolute Gasteiger partial charge is 0.508 e. The predicted octanol–water partition coefficient (Wildman–Crippen LogP) is 0.489. The second kappa shape index (κ2) is 6.83. The number of ether oxygens (including phenoxy) is 2. The Morgan fingerprint density at radius 3 is 2.39 bits per heavy atom. The average molecular weight is 255 g/mol. The quantitative estimate of drug-likeness (QED) is 0.688. The zero-order valence-electron chi connectivity index (χ0n) is 10.3. The van der Waals surface area contributed by atoms with Gasteiger partial charge in [-0.05, 0) is 12.1 Å². The minimum Gasteiger partial charge on any atom is -0.508 e. The van der Waals surface area contributed by atoms with Crippen LogP contribution in [-0.2, 0) is 9.47 Å². The first-order valence-corrected chi connectivity index (χ1v) is 5.39. The fourth-order valence-electron chi connectivity index (χ4n) is 1.43. The SMILES string of the molecule is COCC(CNC(=O)c1cc(O)cc(O)c1)OC. The molecule has 100 valence electrons. The molecule has 0 saturated heterocycles. The Bertz CT molecular complexity index is 387. The van der Waals surface area contributed by atoms with E-state index in [0.717, 1.165) is 6.07 Å². The van der Waals surface area contributed by atoms with E-state index in [1.54, 1.807) is 7.11 Å². The van der Waals surface area contributed by atoms with Gasteiger partial charge in [0.25, 0.3) is 5.91 Å². The maximum Gasteiger partial charge on any atom is 0.251 e. The minimum atomic E-state index is -0.403. The Morgan fingerprint density at radius 2 is 1.89 bits per heavy atom. The Hall–Kier alpha value is -1.79. The van der Waals surface area contributed by atoms with Crippen molar-refractivity contribution in [2.45, 2.75) is 6.10 Å². The molecule has 1 rings (SSSR count). The van der Waals surface area contributed by atoms with Gasteiger partial charge in [-0.3, -0.25) is 4.79 Å². The van der Waals surface area contributed by atoms with Crippen LogP contribution in [0.25, 0.3) is 0 Å². The Morgan fingerprint density at radius 1 is 1.28 bits per heavy atom. The molecule has 3 N–H and O–H groups in total. The molecule has 1 amide bonds.